The van der Waals surface area contributed by atoms with Crippen LogP contribution in [0.5, 0.6) is 0 Å². The van der Waals surface area contributed by atoms with Crippen LogP contribution in [0.3, 0.4) is 0 Å². The third-order valence-corrected chi connectivity index (χ3v) is 4.71. The number of nitrogens with one attached hydrogen (secondary N) is 1. The highest BCUT2D eigenvalue weighted by molar-refractivity contribution is 6.22. The van der Waals surface area contributed by atoms with Gasteiger partial charge in [-0.3, -0.25) is 0 Å². The maximum absolute atomic E-state index is 4.09. The standard InChI is InChI=1S/C16H10.C7H6N2/c1-3-11-7-9-13-5-2-6-14-10-8-12(4-1)15(11)16(13)14;1-2-6-3-5-9-7(6)8-4-1/h1-10H;1-5H,(H,8,9). The van der Waals surface area contributed by atoms with Crippen LogP contribution in [-0.2, 0) is 0 Å². The first-order valence-electron chi connectivity index (χ1n) is 8.41. The molecule has 0 radical (unpaired) electrons. The van der Waals surface area contributed by atoms with Crippen LogP contribution in [0.2, 0.25) is 0 Å². The maximum Gasteiger partial charge on any atom is 0.137 e. The largest absolute Gasteiger partial charge is 0.346 e. The monoisotopic (exact) mass is 320 g/mol. The van der Waals surface area contributed by atoms with Crippen molar-refractivity contribution >= 4 is 43.4 Å². The summed E-state index contributed by atoms with van der Waals surface area (Å²) in [5.74, 6) is 0. The second kappa shape index (κ2) is 5.60. The summed E-state index contributed by atoms with van der Waals surface area (Å²) in [5.41, 5.74) is 0.956. The molecule has 0 aliphatic heterocycles. The van der Waals surface area contributed by atoms with Gasteiger partial charge >= 0.3 is 0 Å². The van der Waals surface area contributed by atoms with E-state index in [4.69, 9.17) is 0 Å². The van der Waals surface area contributed by atoms with Crippen molar-refractivity contribution < 1.29 is 0 Å². The van der Waals surface area contributed by atoms with Crippen LogP contribution < -0.4 is 0 Å². The third kappa shape index (κ3) is 2.31. The second-order valence-corrected chi connectivity index (χ2v) is 6.21. The van der Waals surface area contributed by atoms with Crippen LogP contribution in [0, 0.1) is 0 Å². The van der Waals surface area contributed by atoms with E-state index in [1.54, 1.807) is 6.20 Å². The summed E-state index contributed by atoms with van der Waals surface area (Å²) in [4.78, 5) is 7.09. The number of H-pyrrole nitrogens is 1. The molecule has 2 heterocycles. The van der Waals surface area contributed by atoms with Crippen LogP contribution in [0.4, 0.5) is 0 Å². The normalized spacial score (nSPS) is 11.2. The summed E-state index contributed by atoms with van der Waals surface area (Å²) in [6, 6.07) is 27.8. The van der Waals surface area contributed by atoms with Crippen LogP contribution in [-0.4, -0.2) is 9.97 Å². The number of nitrogens with zero attached hydrogens (tertiary/aromatic N) is 1. The molecular weight excluding hydrogens is 304 g/mol. The van der Waals surface area contributed by atoms with E-state index in [1.165, 1.54) is 32.3 Å². The molecule has 0 atom stereocenters. The minimum absolute atomic E-state index is 0.956. The Kier molecular flexibility index (Phi) is 3.14. The molecule has 4 aromatic carbocycles. The number of aromatic amines is 1. The first-order valence-corrected chi connectivity index (χ1v) is 8.41. The molecule has 0 unspecified atom stereocenters. The van der Waals surface area contributed by atoms with Gasteiger partial charge in [0.15, 0.2) is 0 Å². The molecule has 0 aliphatic carbocycles. The van der Waals surface area contributed by atoms with E-state index in [9.17, 15) is 0 Å². The van der Waals surface area contributed by atoms with E-state index in [2.05, 4.69) is 70.6 Å². The summed E-state index contributed by atoms with van der Waals surface area (Å²) in [7, 11) is 0. The van der Waals surface area contributed by atoms with Crippen LogP contribution in [0.15, 0.2) is 91.3 Å². The lowest BCUT2D eigenvalue weighted by atomic mass is 9.95. The summed E-state index contributed by atoms with van der Waals surface area (Å²) in [6.07, 6.45) is 3.66. The fourth-order valence-corrected chi connectivity index (χ4v) is 3.55. The Labute approximate surface area is 145 Å². The van der Waals surface area contributed by atoms with Gasteiger partial charge in [0.25, 0.3) is 0 Å². The molecular formula is C23H16N2. The lowest BCUT2D eigenvalue weighted by Crippen LogP contribution is -1.82. The number of benzene rings is 4. The van der Waals surface area contributed by atoms with E-state index in [0.29, 0.717) is 0 Å². The molecule has 1 N–H and O–H groups in total. The molecule has 0 saturated carbocycles. The van der Waals surface area contributed by atoms with Crippen molar-refractivity contribution in [2.75, 3.05) is 0 Å². The fraction of sp³-hybridized carbons (Fsp3) is 0. The molecule has 2 aromatic heterocycles. The average Bonchev–Trinajstić information content (AvgIpc) is 3.16. The number of pyridine rings is 1. The van der Waals surface area contributed by atoms with Gasteiger partial charge in [0.2, 0.25) is 0 Å². The van der Waals surface area contributed by atoms with Crippen molar-refractivity contribution in [2.24, 2.45) is 0 Å². The van der Waals surface area contributed by atoms with Crippen molar-refractivity contribution in [1.82, 2.24) is 9.97 Å². The van der Waals surface area contributed by atoms with Crippen LogP contribution in [0.25, 0.3) is 43.4 Å². The first-order chi connectivity index (χ1) is 12.4. The second-order valence-electron chi connectivity index (χ2n) is 6.21. The fourth-order valence-electron chi connectivity index (χ4n) is 3.55. The number of hydrogen-bond acceptors (Lipinski definition) is 1. The summed E-state index contributed by atoms with van der Waals surface area (Å²) in [6.45, 7) is 0. The molecule has 2 nitrogen and oxygen atoms in total. The van der Waals surface area contributed by atoms with Gasteiger partial charge in [-0.15, -0.1) is 0 Å². The number of aromatic nitrogens is 2. The molecule has 2 heteroatoms. The summed E-state index contributed by atoms with van der Waals surface area (Å²) >= 11 is 0. The van der Waals surface area contributed by atoms with Gasteiger partial charge in [0.05, 0.1) is 0 Å². The van der Waals surface area contributed by atoms with Crippen molar-refractivity contribution in [3.05, 3.63) is 91.3 Å². The van der Waals surface area contributed by atoms with E-state index in [1.807, 2.05) is 24.4 Å². The Balaban J connectivity index is 0.000000132. The molecule has 118 valence electrons. The van der Waals surface area contributed by atoms with E-state index in [0.717, 1.165) is 11.0 Å². The highest BCUT2D eigenvalue weighted by Crippen LogP contribution is 2.33. The zero-order valence-electron chi connectivity index (χ0n) is 13.6. The SMILES string of the molecule is c1cc2ccc3cccc4ccc(c1)c2c34.c1cnc2[nH]ccc2c1. The van der Waals surface area contributed by atoms with E-state index >= 15 is 0 Å². The summed E-state index contributed by atoms with van der Waals surface area (Å²) < 4.78 is 0. The minimum atomic E-state index is 0.956. The zero-order chi connectivity index (χ0) is 16.6. The topological polar surface area (TPSA) is 28.7 Å². The van der Waals surface area contributed by atoms with Crippen molar-refractivity contribution in [2.45, 2.75) is 0 Å². The van der Waals surface area contributed by atoms with Gasteiger partial charge in [-0.25, -0.2) is 4.98 Å². The zero-order valence-corrected chi connectivity index (χ0v) is 13.6. The molecule has 0 saturated heterocycles. The van der Waals surface area contributed by atoms with Crippen LogP contribution >= 0.6 is 0 Å². The molecule has 6 rings (SSSR count). The highest BCUT2D eigenvalue weighted by atomic mass is 14.8. The van der Waals surface area contributed by atoms with Gasteiger partial charge in [0, 0.05) is 17.8 Å². The average molecular weight is 320 g/mol. The minimum Gasteiger partial charge on any atom is -0.346 e. The van der Waals surface area contributed by atoms with Gasteiger partial charge in [-0.1, -0.05) is 60.7 Å². The van der Waals surface area contributed by atoms with Gasteiger partial charge in [0.1, 0.15) is 5.65 Å². The summed E-state index contributed by atoms with van der Waals surface area (Å²) in [5, 5.41) is 9.31. The Hall–Kier alpha value is -3.39. The smallest absolute Gasteiger partial charge is 0.137 e. The molecule has 0 bridgehead atoms. The Morgan fingerprint density at radius 2 is 1.04 bits per heavy atom. The van der Waals surface area contributed by atoms with E-state index in [-0.39, 0.29) is 0 Å². The molecule has 25 heavy (non-hydrogen) atoms. The molecule has 0 spiro atoms. The van der Waals surface area contributed by atoms with Crippen molar-refractivity contribution in [3.63, 3.8) is 0 Å². The Bertz CT molecular complexity index is 1140. The number of hydrogen-bond donors (Lipinski definition) is 1. The Morgan fingerprint density at radius 3 is 1.56 bits per heavy atom. The quantitative estimate of drug-likeness (QED) is 0.334. The van der Waals surface area contributed by atoms with Gasteiger partial charge in [-0.05, 0) is 50.5 Å². The third-order valence-electron chi connectivity index (χ3n) is 4.71. The van der Waals surface area contributed by atoms with Gasteiger partial charge < -0.3 is 4.98 Å². The molecule has 0 fully saturated rings. The lowest BCUT2D eigenvalue weighted by Gasteiger charge is -2.09. The molecule has 0 aliphatic rings. The number of fused-ring (bicyclic) bond motifs is 1. The predicted molar refractivity (Wildman–Crippen MR) is 106 cm³/mol. The number of rotatable bonds is 0. The molecule has 0 amide bonds. The van der Waals surface area contributed by atoms with Crippen molar-refractivity contribution in [1.29, 1.82) is 0 Å². The van der Waals surface area contributed by atoms with E-state index < -0.39 is 0 Å². The van der Waals surface area contributed by atoms with Gasteiger partial charge in [-0.2, -0.15) is 0 Å². The Morgan fingerprint density at radius 1 is 0.520 bits per heavy atom. The molecule has 6 aromatic rings. The highest BCUT2D eigenvalue weighted by Gasteiger charge is 2.05. The van der Waals surface area contributed by atoms with Crippen LogP contribution in [0.1, 0.15) is 0 Å². The van der Waals surface area contributed by atoms with Crippen molar-refractivity contribution in [3.8, 4) is 0 Å². The predicted octanol–water partition coefficient (Wildman–Crippen LogP) is 6.15. The maximum atomic E-state index is 4.09. The first kappa shape index (κ1) is 14.0. The lowest BCUT2D eigenvalue weighted by molar-refractivity contribution is 1.33.